The number of rotatable bonds is 1. The van der Waals surface area contributed by atoms with Gasteiger partial charge in [-0.2, -0.15) is 0 Å². The van der Waals surface area contributed by atoms with Gasteiger partial charge in [0.1, 0.15) is 5.69 Å². The van der Waals surface area contributed by atoms with Crippen molar-refractivity contribution in [1.29, 1.82) is 0 Å². The molecule has 5 nitrogen and oxygen atoms in total. The van der Waals surface area contributed by atoms with E-state index in [4.69, 9.17) is 5.73 Å². The lowest BCUT2D eigenvalue weighted by Gasteiger charge is -2.00. The van der Waals surface area contributed by atoms with Crippen LogP contribution >= 0.6 is 12.4 Å². The molecule has 3 rings (SSSR count). The lowest BCUT2D eigenvalue weighted by molar-refractivity contribution is 0.100. The standard InChI is InChI=1S/C16H12N4O.ClH/c1-11-2-3-13(16(17)21)8-12(11)4-5-14-9-19-15-10-18-6-7-20(14)15;/h2-3,6-10H,1H3,(H2,17,21);1H. The van der Waals surface area contributed by atoms with Crippen LogP contribution < -0.4 is 5.73 Å². The lowest BCUT2D eigenvalue weighted by Crippen LogP contribution is -2.11. The summed E-state index contributed by atoms with van der Waals surface area (Å²) in [6.45, 7) is 1.94. The Morgan fingerprint density at radius 3 is 2.86 bits per heavy atom. The highest BCUT2D eigenvalue weighted by Gasteiger charge is 2.03. The van der Waals surface area contributed by atoms with Gasteiger partial charge in [0, 0.05) is 23.5 Å². The van der Waals surface area contributed by atoms with Gasteiger partial charge in [0.15, 0.2) is 5.65 Å². The lowest BCUT2D eigenvalue weighted by atomic mass is 10.0. The first-order valence-corrected chi connectivity index (χ1v) is 6.35. The zero-order valence-electron chi connectivity index (χ0n) is 11.8. The van der Waals surface area contributed by atoms with Crippen LogP contribution in [0.4, 0.5) is 0 Å². The largest absolute Gasteiger partial charge is 0.366 e. The molecular formula is C16H13ClN4O. The molecule has 6 heteroatoms. The molecule has 0 bridgehead atoms. The number of amides is 1. The molecule has 0 saturated carbocycles. The number of aryl methyl sites for hydroxylation is 1. The maximum Gasteiger partial charge on any atom is 0.248 e. The van der Waals surface area contributed by atoms with Crippen molar-refractivity contribution in [2.75, 3.05) is 0 Å². The van der Waals surface area contributed by atoms with Crippen LogP contribution in [0.25, 0.3) is 5.65 Å². The first kappa shape index (κ1) is 15.5. The monoisotopic (exact) mass is 312 g/mol. The minimum Gasteiger partial charge on any atom is -0.366 e. The molecule has 2 N–H and O–H groups in total. The van der Waals surface area contributed by atoms with Crippen molar-refractivity contribution in [3.8, 4) is 11.8 Å². The molecule has 1 amide bonds. The Bertz CT molecular complexity index is 905. The molecule has 3 aromatic rings. The van der Waals surface area contributed by atoms with E-state index in [0.717, 1.165) is 22.5 Å². The molecule has 0 saturated heterocycles. The summed E-state index contributed by atoms with van der Waals surface area (Å²) < 4.78 is 1.85. The molecule has 0 aliphatic carbocycles. The van der Waals surface area contributed by atoms with Gasteiger partial charge in [-0.3, -0.25) is 14.2 Å². The van der Waals surface area contributed by atoms with Crippen LogP contribution in [-0.4, -0.2) is 20.3 Å². The normalized spacial score (nSPS) is 9.68. The molecule has 0 unspecified atom stereocenters. The van der Waals surface area contributed by atoms with Gasteiger partial charge in [0.05, 0.1) is 12.4 Å². The SMILES string of the molecule is Cc1ccc(C(N)=O)cc1C#Cc1cnc2cnccn12.Cl. The molecule has 0 radical (unpaired) electrons. The number of hydrogen-bond donors (Lipinski definition) is 1. The number of nitrogens with two attached hydrogens (primary N) is 1. The second-order valence-electron chi connectivity index (χ2n) is 4.59. The van der Waals surface area contributed by atoms with E-state index in [1.54, 1.807) is 36.9 Å². The molecule has 0 aliphatic rings. The number of fused-ring (bicyclic) bond motifs is 1. The van der Waals surface area contributed by atoms with E-state index in [0.29, 0.717) is 5.56 Å². The van der Waals surface area contributed by atoms with E-state index in [1.807, 2.05) is 17.4 Å². The van der Waals surface area contributed by atoms with Gasteiger partial charge >= 0.3 is 0 Å². The number of carbonyl (C=O) groups is 1. The predicted octanol–water partition coefficient (Wildman–Crippen LogP) is 1.96. The van der Waals surface area contributed by atoms with E-state index < -0.39 is 5.91 Å². The smallest absolute Gasteiger partial charge is 0.248 e. The summed E-state index contributed by atoms with van der Waals surface area (Å²) in [5.41, 5.74) is 9.00. The number of primary amides is 1. The molecule has 2 heterocycles. The van der Waals surface area contributed by atoms with Crippen LogP contribution in [0.1, 0.15) is 27.2 Å². The molecule has 0 spiro atoms. The van der Waals surface area contributed by atoms with E-state index in [9.17, 15) is 4.79 Å². The summed E-state index contributed by atoms with van der Waals surface area (Å²) in [7, 11) is 0. The van der Waals surface area contributed by atoms with Crippen LogP contribution in [0.3, 0.4) is 0 Å². The predicted molar refractivity (Wildman–Crippen MR) is 85.9 cm³/mol. The van der Waals surface area contributed by atoms with Gasteiger partial charge in [-0.1, -0.05) is 12.0 Å². The number of hydrogen-bond acceptors (Lipinski definition) is 3. The summed E-state index contributed by atoms with van der Waals surface area (Å²) in [6.07, 6.45) is 6.85. The Labute approximate surface area is 133 Å². The van der Waals surface area contributed by atoms with Crippen molar-refractivity contribution in [3.63, 3.8) is 0 Å². The highest BCUT2D eigenvalue weighted by Crippen LogP contribution is 2.10. The molecule has 1 aromatic carbocycles. The van der Waals surface area contributed by atoms with E-state index in [1.165, 1.54) is 0 Å². The van der Waals surface area contributed by atoms with Crippen LogP contribution in [0.2, 0.25) is 0 Å². The fourth-order valence-corrected chi connectivity index (χ4v) is 1.98. The van der Waals surface area contributed by atoms with Crippen LogP contribution in [0.15, 0.2) is 43.0 Å². The number of carbonyl (C=O) groups excluding carboxylic acids is 1. The Hall–Kier alpha value is -2.84. The molecule has 0 aliphatic heterocycles. The first-order valence-electron chi connectivity index (χ1n) is 6.35. The third-order valence-corrected chi connectivity index (χ3v) is 3.16. The number of imidazole rings is 1. The minimum atomic E-state index is -0.459. The van der Waals surface area contributed by atoms with Gasteiger partial charge in [0.2, 0.25) is 5.91 Å². The third-order valence-electron chi connectivity index (χ3n) is 3.16. The molecule has 0 atom stereocenters. The fraction of sp³-hybridized carbons (Fsp3) is 0.0625. The second-order valence-corrected chi connectivity index (χ2v) is 4.59. The van der Waals surface area contributed by atoms with E-state index >= 15 is 0 Å². The van der Waals surface area contributed by atoms with Gasteiger partial charge in [-0.15, -0.1) is 12.4 Å². The highest BCUT2D eigenvalue weighted by molar-refractivity contribution is 5.93. The molecule has 2 aromatic heterocycles. The van der Waals surface area contributed by atoms with Gasteiger partial charge in [-0.05, 0) is 30.5 Å². The Morgan fingerprint density at radius 1 is 1.27 bits per heavy atom. The second kappa shape index (κ2) is 6.29. The summed E-state index contributed by atoms with van der Waals surface area (Å²) in [5, 5.41) is 0. The van der Waals surface area contributed by atoms with E-state index in [-0.39, 0.29) is 12.4 Å². The zero-order valence-corrected chi connectivity index (χ0v) is 12.6. The first-order chi connectivity index (χ1) is 10.1. The third kappa shape index (κ3) is 2.92. The Morgan fingerprint density at radius 2 is 2.09 bits per heavy atom. The molecule has 0 fully saturated rings. The topological polar surface area (TPSA) is 73.3 Å². The summed E-state index contributed by atoms with van der Waals surface area (Å²) in [4.78, 5) is 19.5. The van der Waals surface area contributed by atoms with Crippen molar-refractivity contribution in [2.24, 2.45) is 5.73 Å². The van der Waals surface area contributed by atoms with Crippen molar-refractivity contribution >= 4 is 24.0 Å². The maximum absolute atomic E-state index is 11.2. The quantitative estimate of drug-likeness (QED) is 0.698. The van der Waals surface area contributed by atoms with Crippen molar-refractivity contribution in [2.45, 2.75) is 6.92 Å². The van der Waals surface area contributed by atoms with Crippen molar-refractivity contribution in [1.82, 2.24) is 14.4 Å². The van der Waals surface area contributed by atoms with Gasteiger partial charge in [0.25, 0.3) is 0 Å². The summed E-state index contributed by atoms with van der Waals surface area (Å²) >= 11 is 0. The summed E-state index contributed by atoms with van der Waals surface area (Å²) in [6, 6.07) is 5.24. The zero-order chi connectivity index (χ0) is 14.8. The average molecular weight is 313 g/mol. The molecule has 22 heavy (non-hydrogen) atoms. The molecular weight excluding hydrogens is 300 g/mol. The summed E-state index contributed by atoms with van der Waals surface area (Å²) in [5.74, 6) is 5.67. The minimum absolute atomic E-state index is 0. The number of halogens is 1. The number of nitrogens with zero attached hydrogens (tertiary/aromatic N) is 3. The Balaban J connectivity index is 0.00000176. The number of benzene rings is 1. The molecule has 110 valence electrons. The fourth-order valence-electron chi connectivity index (χ4n) is 1.98. The van der Waals surface area contributed by atoms with Crippen LogP contribution in [-0.2, 0) is 0 Å². The van der Waals surface area contributed by atoms with Crippen LogP contribution in [0, 0.1) is 18.8 Å². The Kier molecular flexibility index (Phi) is 4.44. The van der Waals surface area contributed by atoms with Crippen molar-refractivity contribution in [3.05, 3.63) is 65.4 Å². The van der Waals surface area contributed by atoms with Crippen molar-refractivity contribution < 1.29 is 4.79 Å². The van der Waals surface area contributed by atoms with Gasteiger partial charge < -0.3 is 5.73 Å². The van der Waals surface area contributed by atoms with E-state index in [2.05, 4.69) is 21.8 Å². The van der Waals surface area contributed by atoms with Gasteiger partial charge in [-0.25, -0.2) is 4.98 Å². The van der Waals surface area contributed by atoms with Crippen LogP contribution in [0.5, 0.6) is 0 Å². The maximum atomic E-state index is 11.2. The number of aromatic nitrogens is 3. The highest BCUT2D eigenvalue weighted by atomic mass is 35.5. The average Bonchev–Trinajstić information content (AvgIpc) is 2.89.